The van der Waals surface area contributed by atoms with Gasteiger partial charge in [-0.3, -0.25) is 0 Å². The predicted octanol–water partition coefficient (Wildman–Crippen LogP) is 5.35. The first-order valence-corrected chi connectivity index (χ1v) is 8.12. The van der Waals surface area contributed by atoms with Crippen molar-refractivity contribution in [2.24, 2.45) is 0 Å². The number of ether oxygens (including phenoxy) is 1. The van der Waals surface area contributed by atoms with Gasteiger partial charge in [0.15, 0.2) is 0 Å². The first kappa shape index (κ1) is 17.5. The summed E-state index contributed by atoms with van der Waals surface area (Å²) in [5, 5.41) is 0. The highest BCUT2D eigenvalue weighted by Crippen LogP contribution is 2.09. The molecule has 0 saturated carbocycles. The van der Waals surface area contributed by atoms with Gasteiger partial charge < -0.3 is 4.74 Å². The molecule has 21 heavy (non-hydrogen) atoms. The Morgan fingerprint density at radius 3 is 2.57 bits per heavy atom. The van der Waals surface area contributed by atoms with E-state index in [1.807, 2.05) is 37.3 Å². The van der Waals surface area contributed by atoms with Crippen LogP contribution < -0.4 is 0 Å². The van der Waals surface area contributed by atoms with Crippen LogP contribution in [-0.2, 0) is 16.1 Å². The molecule has 1 aromatic carbocycles. The van der Waals surface area contributed by atoms with E-state index in [4.69, 9.17) is 4.74 Å². The molecule has 0 aliphatic carbocycles. The molecule has 0 aromatic heterocycles. The smallest absolute Gasteiger partial charge is 0.330 e. The standard InChI is InChI=1S/C19H28O2/c1-3-4-5-6-7-8-9-10-15-19(20)21-16-18-14-12-11-13-17(18)2/h10-15H,3-9,16H2,1-2H3/b15-10+. The normalized spacial score (nSPS) is 11.0. The summed E-state index contributed by atoms with van der Waals surface area (Å²) in [4.78, 5) is 11.6. The Morgan fingerprint density at radius 2 is 1.81 bits per heavy atom. The zero-order valence-corrected chi connectivity index (χ0v) is 13.4. The topological polar surface area (TPSA) is 26.3 Å². The molecule has 0 aliphatic heterocycles. The van der Waals surface area contributed by atoms with Crippen molar-refractivity contribution in [1.29, 1.82) is 0 Å². The number of carbonyl (C=O) groups is 1. The van der Waals surface area contributed by atoms with Crippen LogP contribution in [0.3, 0.4) is 0 Å². The summed E-state index contributed by atoms with van der Waals surface area (Å²) in [6.07, 6.45) is 12.1. The van der Waals surface area contributed by atoms with Gasteiger partial charge in [-0.05, 0) is 30.9 Å². The fourth-order valence-electron chi connectivity index (χ4n) is 2.19. The van der Waals surface area contributed by atoms with Crippen molar-refractivity contribution >= 4 is 5.97 Å². The Hall–Kier alpha value is -1.57. The molecule has 2 heteroatoms. The van der Waals surface area contributed by atoms with Crippen molar-refractivity contribution in [2.45, 2.75) is 65.4 Å². The van der Waals surface area contributed by atoms with Gasteiger partial charge in [-0.15, -0.1) is 0 Å². The number of rotatable bonds is 10. The van der Waals surface area contributed by atoms with Crippen molar-refractivity contribution in [2.75, 3.05) is 0 Å². The molecule has 0 N–H and O–H groups in total. The number of hydrogen-bond donors (Lipinski definition) is 0. The van der Waals surface area contributed by atoms with E-state index in [0.29, 0.717) is 6.61 Å². The van der Waals surface area contributed by atoms with E-state index in [-0.39, 0.29) is 5.97 Å². The molecule has 116 valence electrons. The quantitative estimate of drug-likeness (QED) is 0.330. The maximum absolute atomic E-state index is 11.6. The fourth-order valence-corrected chi connectivity index (χ4v) is 2.19. The Morgan fingerprint density at radius 1 is 1.10 bits per heavy atom. The molecule has 0 atom stereocenters. The number of unbranched alkanes of at least 4 members (excludes halogenated alkanes) is 6. The molecular formula is C19H28O2. The second-order valence-corrected chi connectivity index (χ2v) is 5.49. The molecule has 0 heterocycles. The Kier molecular flexibility index (Phi) is 9.26. The van der Waals surface area contributed by atoms with Crippen LogP contribution in [0.4, 0.5) is 0 Å². The molecule has 0 unspecified atom stereocenters. The van der Waals surface area contributed by atoms with Crippen molar-refractivity contribution in [1.82, 2.24) is 0 Å². The van der Waals surface area contributed by atoms with Gasteiger partial charge in [0.05, 0.1) is 0 Å². The lowest BCUT2D eigenvalue weighted by molar-refractivity contribution is -0.139. The molecule has 0 fully saturated rings. The summed E-state index contributed by atoms with van der Waals surface area (Å²) in [6, 6.07) is 7.96. The van der Waals surface area contributed by atoms with E-state index in [1.165, 1.54) is 32.1 Å². The van der Waals surface area contributed by atoms with Gasteiger partial charge in [-0.2, -0.15) is 0 Å². The summed E-state index contributed by atoms with van der Waals surface area (Å²) in [5.41, 5.74) is 2.22. The van der Waals surface area contributed by atoms with Gasteiger partial charge in [0.2, 0.25) is 0 Å². The van der Waals surface area contributed by atoms with Gasteiger partial charge >= 0.3 is 5.97 Å². The summed E-state index contributed by atoms with van der Waals surface area (Å²) in [7, 11) is 0. The van der Waals surface area contributed by atoms with E-state index in [9.17, 15) is 4.79 Å². The average molecular weight is 288 g/mol. The number of hydrogen-bond acceptors (Lipinski definition) is 2. The van der Waals surface area contributed by atoms with Crippen LogP contribution in [-0.4, -0.2) is 5.97 Å². The third kappa shape index (κ3) is 8.34. The molecule has 0 bridgehead atoms. The van der Waals surface area contributed by atoms with Gasteiger partial charge in [0.25, 0.3) is 0 Å². The lowest BCUT2D eigenvalue weighted by atomic mass is 10.1. The van der Waals surface area contributed by atoms with Crippen LogP contribution in [0.25, 0.3) is 0 Å². The highest BCUT2D eigenvalue weighted by atomic mass is 16.5. The molecule has 1 aromatic rings. The first-order chi connectivity index (χ1) is 10.2. The Bertz CT molecular complexity index is 435. The van der Waals surface area contributed by atoms with E-state index in [2.05, 4.69) is 6.92 Å². The minimum atomic E-state index is -0.246. The van der Waals surface area contributed by atoms with Crippen LogP contribution in [0.5, 0.6) is 0 Å². The van der Waals surface area contributed by atoms with E-state index in [1.54, 1.807) is 6.08 Å². The first-order valence-electron chi connectivity index (χ1n) is 8.12. The number of esters is 1. The lowest BCUT2D eigenvalue weighted by Gasteiger charge is -2.05. The molecule has 0 saturated heterocycles. The van der Waals surface area contributed by atoms with Crippen LogP contribution in [0.1, 0.15) is 63.0 Å². The van der Waals surface area contributed by atoms with E-state index >= 15 is 0 Å². The third-order valence-electron chi connectivity index (χ3n) is 3.61. The molecule has 0 aliphatic rings. The summed E-state index contributed by atoms with van der Waals surface area (Å²) >= 11 is 0. The summed E-state index contributed by atoms with van der Waals surface area (Å²) < 4.78 is 5.24. The molecule has 0 spiro atoms. The third-order valence-corrected chi connectivity index (χ3v) is 3.61. The largest absolute Gasteiger partial charge is 0.458 e. The predicted molar refractivity (Wildman–Crippen MR) is 88.1 cm³/mol. The van der Waals surface area contributed by atoms with E-state index in [0.717, 1.165) is 24.0 Å². The molecule has 1 rings (SSSR count). The minimum Gasteiger partial charge on any atom is -0.458 e. The van der Waals surface area contributed by atoms with Gasteiger partial charge in [-0.1, -0.05) is 69.4 Å². The Balaban J connectivity index is 2.10. The Labute approximate surface area is 129 Å². The average Bonchev–Trinajstić information content (AvgIpc) is 2.49. The monoisotopic (exact) mass is 288 g/mol. The van der Waals surface area contributed by atoms with Crippen molar-refractivity contribution in [3.05, 3.63) is 47.5 Å². The van der Waals surface area contributed by atoms with Crippen LogP contribution in [0, 0.1) is 6.92 Å². The van der Waals surface area contributed by atoms with Crippen LogP contribution in [0.15, 0.2) is 36.4 Å². The second kappa shape index (κ2) is 11.1. The maximum Gasteiger partial charge on any atom is 0.330 e. The van der Waals surface area contributed by atoms with Gasteiger partial charge in [0, 0.05) is 6.08 Å². The van der Waals surface area contributed by atoms with Gasteiger partial charge in [0.1, 0.15) is 6.61 Å². The van der Waals surface area contributed by atoms with Gasteiger partial charge in [-0.25, -0.2) is 4.79 Å². The fraction of sp³-hybridized carbons (Fsp3) is 0.526. The minimum absolute atomic E-state index is 0.246. The second-order valence-electron chi connectivity index (χ2n) is 5.49. The number of allylic oxidation sites excluding steroid dienone is 1. The van der Waals surface area contributed by atoms with Crippen LogP contribution in [0.2, 0.25) is 0 Å². The number of carbonyl (C=O) groups excluding carboxylic acids is 1. The van der Waals surface area contributed by atoms with Crippen LogP contribution >= 0.6 is 0 Å². The van der Waals surface area contributed by atoms with Crippen molar-refractivity contribution in [3.63, 3.8) is 0 Å². The maximum atomic E-state index is 11.6. The zero-order valence-electron chi connectivity index (χ0n) is 13.4. The number of aryl methyl sites for hydroxylation is 1. The molecular weight excluding hydrogens is 260 g/mol. The van der Waals surface area contributed by atoms with E-state index < -0.39 is 0 Å². The highest BCUT2D eigenvalue weighted by molar-refractivity contribution is 5.81. The molecule has 0 amide bonds. The molecule has 0 radical (unpaired) electrons. The number of benzene rings is 1. The van der Waals surface area contributed by atoms with Crippen molar-refractivity contribution < 1.29 is 9.53 Å². The summed E-state index contributed by atoms with van der Waals surface area (Å²) in [5.74, 6) is -0.246. The van der Waals surface area contributed by atoms with Crippen molar-refractivity contribution in [3.8, 4) is 0 Å². The zero-order chi connectivity index (χ0) is 15.3. The lowest BCUT2D eigenvalue weighted by Crippen LogP contribution is -2.01. The molecule has 2 nitrogen and oxygen atoms in total. The summed E-state index contributed by atoms with van der Waals surface area (Å²) in [6.45, 7) is 4.61. The highest BCUT2D eigenvalue weighted by Gasteiger charge is 2.00. The SMILES string of the molecule is CCCCCCCC/C=C/C(=O)OCc1ccccc1C.